The number of esters is 2. The Kier molecular flexibility index (Phi) is 11.3. The fourth-order valence-electron chi connectivity index (χ4n) is 4.77. The van der Waals surface area contributed by atoms with Gasteiger partial charge in [-0.05, 0) is 98.0 Å². The van der Waals surface area contributed by atoms with Crippen LogP contribution in [0.15, 0.2) is 46.9 Å². The van der Waals surface area contributed by atoms with Gasteiger partial charge in [0, 0.05) is 6.04 Å². The highest BCUT2D eigenvalue weighted by Crippen LogP contribution is 2.47. The van der Waals surface area contributed by atoms with Crippen LogP contribution in [-0.4, -0.2) is 58.8 Å². The third-order valence-corrected chi connectivity index (χ3v) is 11.3. The Balaban J connectivity index is 1.73. The van der Waals surface area contributed by atoms with Gasteiger partial charge in [-0.1, -0.05) is 41.4 Å². The van der Waals surface area contributed by atoms with E-state index in [1.54, 1.807) is 57.2 Å². The molecular formula is C30H33BrCl2N2O7S2. The highest BCUT2D eigenvalue weighted by atomic mass is 79.9. The van der Waals surface area contributed by atoms with E-state index >= 15 is 0 Å². The minimum absolute atomic E-state index is 0.135. The summed E-state index contributed by atoms with van der Waals surface area (Å²) in [7, 11) is -2.62. The number of carbonyl (C=O) groups is 2. The molecule has 1 fully saturated rings. The van der Waals surface area contributed by atoms with Crippen molar-refractivity contribution in [1.29, 1.82) is 0 Å². The first-order chi connectivity index (χ1) is 20.7. The van der Waals surface area contributed by atoms with Crippen molar-refractivity contribution < 1.29 is 32.2 Å². The normalized spacial score (nSPS) is 14.2. The van der Waals surface area contributed by atoms with Crippen molar-refractivity contribution in [2.75, 3.05) is 31.1 Å². The van der Waals surface area contributed by atoms with Crippen molar-refractivity contribution in [3.63, 3.8) is 0 Å². The lowest BCUT2D eigenvalue weighted by Gasteiger charge is -2.35. The van der Waals surface area contributed by atoms with Crippen LogP contribution in [0.3, 0.4) is 0 Å². The Hall–Kier alpha value is -2.35. The van der Waals surface area contributed by atoms with Gasteiger partial charge in [-0.25, -0.2) is 18.0 Å². The number of rotatable bonds is 10. The van der Waals surface area contributed by atoms with E-state index in [1.165, 1.54) is 11.4 Å². The largest absolute Gasteiger partial charge is 0.479 e. The summed E-state index contributed by atoms with van der Waals surface area (Å²) in [6.45, 7) is 6.17. The summed E-state index contributed by atoms with van der Waals surface area (Å²) < 4.78 is 46.1. The number of anilines is 1. The number of hydrogen-bond donors (Lipinski definition) is 1. The Morgan fingerprint density at radius 2 is 1.80 bits per heavy atom. The zero-order valence-corrected chi connectivity index (χ0v) is 29.3. The molecule has 44 heavy (non-hydrogen) atoms. The number of thiophene rings is 1. The number of ether oxygens (including phenoxy) is 3. The number of hydrogen-bond acceptors (Lipinski definition) is 9. The SMILES string of the molecule is COC(=O)c1sc(-c2cccc(N(C3CCNCC3)S(=O)(=O)Cc3ccc(Cl)c(Cl)c3)c2)c(Br)c1OCC(=O)OC(C)(C)C. The molecule has 0 atom stereocenters. The third kappa shape index (κ3) is 8.46. The molecule has 2 heterocycles. The summed E-state index contributed by atoms with van der Waals surface area (Å²) in [5.41, 5.74) is 0.930. The van der Waals surface area contributed by atoms with Gasteiger partial charge in [-0.15, -0.1) is 11.3 Å². The summed E-state index contributed by atoms with van der Waals surface area (Å²) in [5, 5.41) is 3.92. The molecule has 0 unspecified atom stereocenters. The molecule has 0 amide bonds. The van der Waals surface area contributed by atoms with Crippen LogP contribution in [0.4, 0.5) is 5.69 Å². The van der Waals surface area contributed by atoms with E-state index in [-0.39, 0.29) is 27.4 Å². The van der Waals surface area contributed by atoms with E-state index in [0.29, 0.717) is 57.1 Å². The van der Waals surface area contributed by atoms with E-state index in [4.69, 9.17) is 37.4 Å². The van der Waals surface area contributed by atoms with Gasteiger partial charge in [0.05, 0.1) is 37.9 Å². The van der Waals surface area contributed by atoms with Crippen molar-refractivity contribution in [2.45, 2.75) is 51.0 Å². The second-order valence-electron chi connectivity index (χ2n) is 11.1. The molecule has 4 rings (SSSR count). The van der Waals surface area contributed by atoms with Crippen LogP contribution in [0.2, 0.25) is 10.0 Å². The van der Waals surface area contributed by atoms with Crippen molar-refractivity contribution in [3.05, 3.63) is 67.4 Å². The average molecular weight is 749 g/mol. The predicted octanol–water partition coefficient (Wildman–Crippen LogP) is 7.08. The lowest BCUT2D eigenvalue weighted by molar-refractivity contribution is -0.157. The number of nitrogens with one attached hydrogen (secondary N) is 1. The zero-order chi connectivity index (χ0) is 32.2. The molecule has 1 aliphatic rings. The van der Waals surface area contributed by atoms with Gasteiger partial charge in [-0.3, -0.25) is 4.31 Å². The number of nitrogens with zero attached hydrogens (tertiary/aromatic N) is 1. The van der Waals surface area contributed by atoms with Gasteiger partial charge in [-0.2, -0.15) is 0 Å². The quantitative estimate of drug-likeness (QED) is 0.219. The molecule has 9 nitrogen and oxygen atoms in total. The first kappa shape index (κ1) is 34.5. The Labute approximate surface area is 279 Å². The smallest absolute Gasteiger partial charge is 0.351 e. The first-order valence-electron chi connectivity index (χ1n) is 13.7. The molecule has 0 aliphatic carbocycles. The van der Waals surface area contributed by atoms with Crippen molar-refractivity contribution >= 4 is 78.1 Å². The third-order valence-electron chi connectivity index (χ3n) is 6.57. The van der Waals surface area contributed by atoms with Crippen LogP contribution < -0.4 is 14.4 Å². The fraction of sp³-hybridized carbons (Fsp3) is 0.400. The van der Waals surface area contributed by atoms with Gasteiger partial charge in [0.15, 0.2) is 17.2 Å². The molecule has 2 aromatic carbocycles. The summed E-state index contributed by atoms with van der Waals surface area (Å²) in [5.74, 6) is -1.37. The van der Waals surface area contributed by atoms with Crippen LogP contribution >= 0.6 is 50.5 Å². The number of sulfonamides is 1. The topological polar surface area (TPSA) is 111 Å². The van der Waals surface area contributed by atoms with E-state index in [2.05, 4.69) is 21.2 Å². The van der Waals surface area contributed by atoms with Crippen LogP contribution in [-0.2, 0) is 30.0 Å². The van der Waals surface area contributed by atoms with E-state index in [0.717, 1.165) is 11.3 Å². The molecule has 1 N–H and O–H groups in total. The van der Waals surface area contributed by atoms with Gasteiger partial charge < -0.3 is 19.5 Å². The maximum Gasteiger partial charge on any atom is 0.351 e. The van der Waals surface area contributed by atoms with E-state index < -0.39 is 34.2 Å². The minimum atomic E-state index is -3.88. The summed E-state index contributed by atoms with van der Waals surface area (Å²) >= 11 is 16.9. The Bertz CT molecular complexity index is 1630. The Morgan fingerprint density at radius 3 is 2.43 bits per heavy atom. The maximum absolute atomic E-state index is 14.0. The minimum Gasteiger partial charge on any atom is -0.479 e. The van der Waals surface area contributed by atoms with Crippen LogP contribution in [0, 0.1) is 0 Å². The maximum atomic E-state index is 14.0. The molecule has 0 bridgehead atoms. The van der Waals surface area contributed by atoms with Crippen LogP contribution in [0.25, 0.3) is 10.4 Å². The van der Waals surface area contributed by atoms with Crippen molar-refractivity contribution in [1.82, 2.24) is 5.32 Å². The zero-order valence-electron chi connectivity index (χ0n) is 24.6. The molecule has 0 spiro atoms. The molecule has 14 heteroatoms. The van der Waals surface area contributed by atoms with Gasteiger partial charge in [0.2, 0.25) is 10.0 Å². The predicted molar refractivity (Wildman–Crippen MR) is 178 cm³/mol. The molecule has 238 valence electrons. The highest BCUT2D eigenvalue weighted by Gasteiger charge is 2.33. The van der Waals surface area contributed by atoms with E-state index in [1.807, 2.05) is 6.07 Å². The first-order valence-corrected chi connectivity index (χ1v) is 17.7. The Morgan fingerprint density at radius 1 is 1.09 bits per heavy atom. The number of carbonyl (C=O) groups excluding carboxylic acids is 2. The molecule has 0 radical (unpaired) electrons. The van der Waals surface area contributed by atoms with Gasteiger partial charge in [0.25, 0.3) is 0 Å². The standard InChI is InChI=1S/C30H33BrCl2N2O7S2/c1-30(2,3)42-24(36)16-41-26-25(31)27(43-28(26)29(37)40-4)19-6-5-7-21(15-19)35(20-10-12-34-13-11-20)44(38,39)17-18-8-9-22(32)23(33)14-18/h5-9,14-15,20,34H,10-13,16-17H2,1-4H3. The monoisotopic (exact) mass is 746 g/mol. The number of halogens is 3. The number of piperidine rings is 1. The van der Waals surface area contributed by atoms with Gasteiger partial charge in [0.1, 0.15) is 5.60 Å². The number of benzene rings is 2. The van der Waals surface area contributed by atoms with Crippen LogP contribution in [0.5, 0.6) is 5.75 Å². The fourth-order valence-corrected chi connectivity index (χ4v) is 8.90. The molecular weight excluding hydrogens is 715 g/mol. The molecule has 1 aliphatic heterocycles. The molecule has 1 saturated heterocycles. The lowest BCUT2D eigenvalue weighted by atomic mass is 10.1. The summed E-state index contributed by atoms with van der Waals surface area (Å²) in [6, 6.07) is 11.6. The number of methoxy groups -OCH3 is 1. The van der Waals surface area contributed by atoms with E-state index in [9.17, 15) is 18.0 Å². The van der Waals surface area contributed by atoms with Gasteiger partial charge >= 0.3 is 11.9 Å². The molecule has 0 saturated carbocycles. The molecule has 3 aromatic rings. The average Bonchev–Trinajstić information content (AvgIpc) is 3.29. The molecule has 1 aromatic heterocycles. The van der Waals surface area contributed by atoms with Crippen molar-refractivity contribution in [3.8, 4) is 16.2 Å². The highest BCUT2D eigenvalue weighted by molar-refractivity contribution is 9.10. The summed E-state index contributed by atoms with van der Waals surface area (Å²) in [4.78, 5) is 25.8. The van der Waals surface area contributed by atoms with Crippen LogP contribution in [0.1, 0.15) is 48.8 Å². The summed E-state index contributed by atoms with van der Waals surface area (Å²) in [6.07, 6.45) is 1.26. The second-order valence-corrected chi connectivity index (χ2v) is 15.6. The van der Waals surface area contributed by atoms with Crippen molar-refractivity contribution in [2.24, 2.45) is 0 Å². The second kappa shape index (κ2) is 14.4. The lowest BCUT2D eigenvalue weighted by Crippen LogP contribution is -2.46.